The fourth-order valence-electron chi connectivity index (χ4n) is 1.43. The molecule has 1 aromatic heterocycles. The SMILES string of the molecule is Cc1cccc(CN(C)C(=O)CCCCl)n1. The summed E-state index contributed by atoms with van der Waals surface area (Å²) < 4.78 is 0. The van der Waals surface area contributed by atoms with Gasteiger partial charge in [0.05, 0.1) is 12.2 Å². The zero-order valence-corrected chi connectivity index (χ0v) is 10.5. The minimum atomic E-state index is 0.115. The van der Waals surface area contributed by atoms with E-state index in [1.165, 1.54) is 0 Å². The van der Waals surface area contributed by atoms with Crippen molar-refractivity contribution in [1.29, 1.82) is 0 Å². The van der Waals surface area contributed by atoms with Crippen LogP contribution in [0.5, 0.6) is 0 Å². The minimum Gasteiger partial charge on any atom is -0.340 e. The van der Waals surface area contributed by atoms with Gasteiger partial charge < -0.3 is 4.90 Å². The van der Waals surface area contributed by atoms with E-state index in [1.54, 1.807) is 11.9 Å². The van der Waals surface area contributed by atoms with E-state index in [4.69, 9.17) is 11.6 Å². The molecule has 0 fully saturated rings. The summed E-state index contributed by atoms with van der Waals surface area (Å²) >= 11 is 5.55. The number of nitrogens with zero attached hydrogens (tertiary/aromatic N) is 2. The number of halogens is 1. The van der Waals surface area contributed by atoms with E-state index in [9.17, 15) is 4.79 Å². The maximum Gasteiger partial charge on any atom is 0.222 e. The first-order valence-electron chi connectivity index (χ1n) is 5.36. The fraction of sp³-hybridized carbons (Fsp3) is 0.500. The molecule has 0 aromatic carbocycles. The molecule has 3 nitrogen and oxygen atoms in total. The molecule has 1 rings (SSSR count). The molecule has 88 valence electrons. The van der Waals surface area contributed by atoms with Crippen molar-refractivity contribution in [1.82, 2.24) is 9.88 Å². The lowest BCUT2D eigenvalue weighted by Crippen LogP contribution is -2.26. The number of hydrogen-bond donors (Lipinski definition) is 0. The van der Waals surface area contributed by atoms with Gasteiger partial charge >= 0.3 is 0 Å². The van der Waals surface area contributed by atoms with Gasteiger partial charge in [-0.1, -0.05) is 6.07 Å². The topological polar surface area (TPSA) is 33.2 Å². The van der Waals surface area contributed by atoms with Crippen molar-refractivity contribution in [2.45, 2.75) is 26.3 Å². The fourth-order valence-corrected chi connectivity index (χ4v) is 1.56. The number of carbonyl (C=O) groups is 1. The highest BCUT2D eigenvalue weighted by atomic mass is 35.5. The molecule has 0 spiro atoms. The second-order valence-electron chi connectivity index (χ2n) is 3.81. The van der Waals surface area contributed by atoms with Crippen molar-refractivity contribution in [3.63, 3.8) is 0 Å². The van der Waals surface area contributed by atoms with Crippen LogP contribution in [0.15, 0.2) is 18.2 Å². The molecule has 0 N–H and O–H groups in total. The minimum absolute atomic E-state index is 0.115. The zero-order chi connectivity index (χ0) is 12.0. The predicted octanol–water partition coefficient (Wildman–Crippen LogP) is 2.37. The van der Waals surface area contributed by atoms with Crippen LogP contribution in [-0.2, 0) is 11.3 Å². The number of pyridine rings is 1. The van der Waals surface area contributed by atoms with Crippen LogP contribution >= 0.6 is 11.6 Å². The maximum atomic E-state index is 11.6. The van der Waals surface area contributed by atoms with E-state index in [0.717, 1.165) is 17.8 Å². The van der Waals surface area contributed by atoms with Crippen LogP contribution in [-0.4, -0.2) is 28.7 Å². The molecule has 0 radical (unpaired) electrons. The van der Waals surface area contributed by atoms with Gasteiger partial charge in [0.1, 0.15) is 0 Å². The van der Waals surface area contributed by atoms with E-state index < -0.39 is 0 Å². The maximum absolute atomic E-state index is 11.6. The lowest BCUT2D eigenvalue weighted by molar-refractivity contribution is -0.130. The lowest BCUT2D eigenvalue weighted by Gasteiger charge is -2.16. The second-order valence-corrected chi connectivity index (χ2v) is 4.19. The monoisotopic (exact) mass is 240 g/mol. The predicted molar refractivity (Wildman–Crippen MR) is 65.4 cm³/mol. The first-order chi connectivity index (χ1) is 7.63. The summed E-state index contributed by atoms with van der Waals surface area (Å²) in [4.78, 5) is 17.7. The van der Waals surface area contributed by atoms with Gasteiger partial charge in [-0.2, -0.15) is 0 Å². The molecule has 0 atom stereocenters. The van der Waals surface area contributed by atoms with Gasteiger partial charge in [-0.25, -0.2) is 0 Å². The van der Waals surface area contributed by atoms with Crippen LogP contribution in [0.3, 0.4) is 0 Å². The summed E-state index contributed by atoms with van der Waals surface area (Å²) in [6.07, 6.45) is 1.23. The third kappa shape index (κ3) is 4.19. The van der Waals surface area contributed by atoms with Crippen LogP contribution in [0.2, 0.25) is 0 Å². The van der Waals surface area contributed by atoms with Crippen LogP contribution in [0, 0.1) is 6.92 Å². The normalized spacial score (nSPS) is 10.2. The molecule has 0 bridgehead atoms. The van der Waals surface area contributed by atoms with Gasteiger partial charge in [-0.05, 0) is 25.5 Å². The first-order valence-corrected chi connectivity index (χ1v) is 5.89. The van der Waals surface area contributed by atoms with Crippen molar-refractivity contribution < 1.29 is 4.79 Å². The molecule has 0 aliphatic rings. The Morgan fingerprint density at radius 2 is 2.25 bits per heavy atom. The van der Waals surface area contributed by atoms with Crippen molar-refractivity contribution >= 4 is 17.5 Å². The molecule has 1 amide bonds. The Hall–Kier alpha value is -1.09. The smallest absolute Gasteiger partial charge is 0.222 e. The molecule has 1 aromatic rings. The third-order valence-electron chi connectivity index (χ3n) is 2.30. The zero-order valence-electron chi connectivity index (χ0n) is 9.74. The average molecular weight is 241 g/mol. The van der Waals surface area contributed by atoms with Gasteiger partial charge in [0.15, 0.2) is 0 Å². The number of carbonyl (C=O) groups excluding carboxylic acids is 1. The van der Waals surface area contributed by atoms with Gasteiger partial charge in [0.2, 0.25) is 5.91 Å². The van der Waals surface area contributed by atoms with Crippen LogP contribution < -0.4 is 0 Å². The first kappa shape index (κ1) is 13.0. The van der Waals surface area contributed by atoms with Crippen molar-refractivity contribution in [2.75, 3.05) is 12.9 Å². The number of rotatable bonds is 5. The van der Waals surface area contributed by atoms with E-state index in [0.29, 0.717) is 18.8 Å². The van der Waals surface area contributed by atoms with Crippen molar-refractivity contribution in [3.8, 4) is 0 Å². The quantitative estimate of drug-likeness (QED) is 0.741. The number of alkyl halides is 1. The summed E-state index contributed by atoms with van der Waals surface area (Å²) in [5, 5.41) is 0. The van der Waals surface area contributed by atoms with Crippen LogP contribution in [0.25, 0.3) is 0 Å². The Balaban J connectivity index is 2.50. The molecular formula is C12H17ClN2O. The highest BCUT2D eigenvalue weighted by Crippen LogP contribution is 2.04. The molecule has 4 heteroatoms. The van der Waals surface area contributed by atoms with E-state index in [1.807, 2.05) is 25.1 Å². The summed E-state index contributed by atoms with van der Waals surface area (Å²) in [5.74, 6) is 0.645. The molecule has 0 aliphatic heterocycles. The Morgan fingerprint density at radius 1 is 1.50 bits per heavy atom. The Bertz CT molecular complexity index is 355. The third-order valence-corrected chi connectivity index (χ3v) is 2.56. The van der Waals surface area contributed by atoms with Gasteiger partial charge in [-0.3, -0.25) is 9.78 Å². The molecule has 16 heavy (non-hydrogen) atoms. The molecule has 0 saturated heterocycles. The molecular weight excluding hydrogens is 224 g/mol. The van der Waals surface area contributed by atoms with Gasteiger partial charge in [0.25, 0.3) is 0 Å². The summed E-state index contributed by atoms with van der Waals surface area (Å²) in [7, 11) is 1.79. The van der Waals surface area contributed by atoms with E-state index in [2.05, 4.69) is 4.98 Å². The molecule has 0 unspecified atom stereocenters. The molecule has 0 saturated carbocycles. The average Bonchev–Trinajstić information content (AvgIpc) is 2.25. The van der Waals surface area contributed by atoms with E-state index >= 15 is 0 Å². The Morgan fingerprint density at radius 3 is 2.88 bits per heavy atom. The Kier molecular flexibility index (Phi) is 5.26. The number of amides is 1. The van der Waals surface area contributed by atoms with Gasteiger partial charge in [-0.15, -0.1) is 11.6 Å². The summed E-state index contributed by atoms with van der Waals surface area (Å²) in [6, 6.07) is 5.83. The highest BCUT2D eigenvalue weighted by Gasteiger charge is 2.09. The summed E-state index contributed by atoms with van der Waals surface area (Å²) in [6.45, 7) is 2.50. The number of hydrogen-bond acceptors (Lipinski definition) is 2. The molecule has 1 heterocycles. The van der Waals surface area contributed by atoms with Crippen LogP contribution in [0.1, 0.15) is 24.2 Å². The Labute approximate surface area is 101 Å². The van der Waals surface area contributed by atoms with Crippen molar-refractivity contribution in [3.05, 3.63) is 29.6 Å². The lowest BCUT2D eigenvalue weighted by atomic mass is 10.2. The van der Waals surface area contributed by atoms with Crippen LogP contribution in [0.4, 0.5) is 0 Å². The molecule has 0 aliphatic carbocycles. The van der Waals surface area contributed by atoms with Crippen molar-refractivity contribution in [2.24, 2.45) is 0 Å². The number of aryl methyl sites for hydroxylation is 1. The van der Waals surface area contributed by atoms with Gasteiger partial charge in [0, 0.05) is 25.0 Å². The second kappa shape index (κ2) is 6.48. The van der Waals surface area contributed by atoms with E-state index in [-0.39, 0.29) is 5.91 Å². The highest BCUT2D eigenvalue weighted by molar-refractivity contribution is 6.17. The summed E-state index contributed by atoms with van der Waals surface area (Å²) in [5.41, 5.74) is 1.89. The standard InChI is InChI=1S/C12H17ClN2O/c1-10-5-3-6-11(14-10)9-15(2)12(16)7-4-8-13/h3,5-6H,4,7-9H2,1-2H3. The largest absolute Gasteiger partial charge is 0.340 e. The number of aromatic nitrogens is 1.